The molecule has 0 spiro atoms. The van der Waals surface area contributed by atoms with Gasteiger partial charge in [-0.3, -0.25) is 4.79 Å². The van der Waals surface area contributed by atoms with Crippen LogP contribution in [0.25, 0.3) is 0 Å². The van der Waals surface area contributed by atoms with Gasteiger partial charge in [0.1, 0.15) is 10.1 Å². The Balaban J connectivity index is 0.00000196. The van der Waals surface area contributed by atoms with Crippen molar-refractivity contribution in [1.82, 2.24) is 0 Å². The molecular formula is C8H7KO5S. The van der Waals surface area contributed by atoms with Gasteiger partial charge in [0.15, 0.2) is 0 Å². The van der Waals surface area contributed by atoms with Gasteiger partial charge in [-0.15, -0.1) is 0 Å². The summed E-state index contributed by atoms with van der Waals surface area (Å²) in [6, 6.07) is 4.80. The summed E-state index contributed by atoms with van der Waals surface area (Å²) < 4.78 is 31.5. The van der Waals surface area contributed by atoms with Crippen LogP contribution < -0.4 is 51.4 Å². The molecule has 0 heterocycles. The fourth-order valence-electron chi connectivity index (χ4n) is 0.949. The van der Waals surface area contributed by atoms with Crippen molar-refractivity contribution in [2.45, 2.75) is 11.3 Å². The number of carboxylic acids is 1. The fraction of sp³-hybridized carbons (Fsp3) is 0.125. The van der Waals surface area contributed by atoms with E-state index in [2.05, 4.69) is 0 Å². The van der Waals surface area contributed by atoms with E-state index < -0.39 is 16.1 Å². The van der Waals surface area contributed by atoms with Gasteiger partial charge < -0.3 is 9.66 Å². The van der Waals surface area contributed by atoms with E-state index in [1.54, 1.807) is 0 Å². The second-order valence-electron chi connectivity index (χ2n) is 2.67. The van der Waals surface area contributed by atoms with Gasteiger partial charge in [0.05, 0.1) is 11.3 Å². The number of hydrogen-bond donors (Lipinski definition) is 1. The first-order valence-electron chi connectivity index (χ1n) is 3.66. The van der Waals surface area contributed by atoms with Crippen LogP contribution in [0.2, 0.25) is 0 Å². The standard InChI is InChI=1S/C8H8O5S.K/c9-8(10)5-6-1-3-7(4-2-6)14(11,12)13;/h1-4H,5H2,(H,9,10)(H,11,12,13);/q;+1/p-1. The van der Waals surface area contributed by atoms with E-state index in [1.807, 2.05) is 0 Å². The minimum absolute atomic E-state index is 0. The molecule has 0 saturated heterocycles. The second-order valence-corrected chi connectivity index (χ2v) is 4.05. The molecule has 7 heteroatoms. The Hall–Kier alpha value is 0.236. The Bertz CT molecular complexity index is 437. The molecule has 15 heavy (non-hydrogen) atoms. The molecule has 76 valence electrons. The molecule has 0 saturated carbocycles. The first-order chi connectivity index (χ1) is 6.39. The monoisotopic (exact) mass is 254 g/mol. The van der Waals surface area contributed by atoms with E-state index in [-0.39, 0.29) is 62.7 Å². The van der Waals surface area contributed by atoms with Crippen molar-refractivity contribution < 1.29 is 74.3 Å². The van der Waals surface area contributed by atoms with Gasteiger partial charge in [0, 0.05) is 0 Å². The van der Waals surface area contributed by atoms with Gasteiger partial charge in [0.2, 0.25) is 0 Å². The number of rotatable bonds is 3. The predicted octanol–water partition coefficient (Wildman–Crippen LogP) is -2.78. The molecule has 0 radical (unpaired) electrons. The number of hydrogen-bond acceptors (Lipinski definition) is 4. The van der Waals surface area contributed by atoms with Crippen LogP contribution in [-0.2, 0) is 21.3 Å². The molecule has 0 aliphatic rings. The predicted molar refractivity (Wildman–Crippen MR) is 45.7 cm³/mol. The molecule has 5 nitrogen and oxygen atoms in total. The summed E-state index contributed by atoms with van der Waals surface area (Å²) in [5, 5.41) is 8.42. The minimum atomic E-state index is -4.45. The van der Waals surface area contributed by atoms with Crippen LogP contribution in [0.3, 0.4) is 0 Å². The molecule has 0 fully saturated rings. The Morgan fingerprint density at radius 3 is 2.07 bits per heavy atom. The van der Waals surface area contributed by atoms with Gasteiger partial charge in [0.25, 0.3) is 0 Å². The average molecular weight is 254 g/mol. The minimum Gasteiger partial charge on any atom is -0.744 e. The molecule has 0 atom stereocenters. The van der Waals surface area contributed by atoms with Gasteiger partial charge >= 0.3 is 57.4 Å². The Labute approximate surface area is 130 Å². The molecule has 0 amide bonds. The first-order valence-corrected chi connectivity index (χ1v) is 5.07. The largest absolute Gasteiger partial charge is 1.00 e. The maximum absolute atomic E-state index is 10.5. The molecular weight excluding hydrogens is 247 g/mol. The maximum atomic E-state index is 10.5. The molecule has 1 aromatic carbocycles. The van der Waals surface area contributed by atoms with Crippen molar-refractivity contribution in [3.63, 3.8) is 0 Å². The summed E-state index contributed by atoms with van der Waals surface area (Å²) in [6.45, 7) is 0. The maximum Gasteiger partial charge on any atom is 1.00 e. The van der Waals surface area contributed by atoms with E-state index in [9.17, 15) is 17.8 Å². The van der Waals surface area contributed by atoms with Gasteiger partial charge in [-0.1, -0.05) is 12.1 Å². The van der Waals surface area contributed by atoms with Gasteiger partial charge in [-0.25, -0.2) is 8.42 Å². The van der Waals surface area contributed by atoms with E-state index in [0.29, 0.717) is 5.56 Å². The van der Waals surface area contributed by atoms with E-state index in [0.717, 1.165) is 12.1 Å². The summed E-state index contributed by atoms with van der Waals surface area (Å²) >= 11 is 0. The number of carbonyl (C=O) groups is 1. The SMILES string of the molecule is O=C(O)Cc1ccc(S(=O)(=O)[O-])cc1.[K+]. The van der Waals surface area contributed by atoms with Crippen molar-refractivity contribution in [3.8, 4) is 0 Å². The van der Waals surface area contributed by atoms with Crippen LogP contribution in [0.4, 0.5) is 0 Å². The smallest absolute Gasteiger partial charge is 0.744 e. The number of benzene rings is 1. The number of aliphatic carboxylic acids is 1. The Kier molecular flexibility index (Phi) is 6.19. The quantitative estimate of drug-likeness (QED) is 0.465. The van der Waals surface area contributed by atoms with Gasteiger partial charge in [-0.05, 0) is 17.7 Å². The Morgan fingerprint density at radius 2 is 1.73 bits per heavy atom. The van der Waals surface area contributed by atoms with Gasteiger partial charge in [-0.2, -0.15) is 0 Å². The molecule has 0 aliphatic carbocycles. The fourth-order valence-corrected chi connectivity index (χ4v) is 1.42. The topological polar surface area (TPSA) is 94.5 Å². The van der Waals surface area contributed by atoms with Crippen molar-refractivity contribution in [2.75, 3.05) is 0 Å². The van der Waals surface area contributed by atoms with Crippen molar-refractivity contribution in [2.24, 2.45) is 0 Å². The molecule has 0 unspecified atom stereocenters. The summed E-state index contributed by atoms with van der Waals surface area (Å²) in [4.78, 5) is 9.92. The van der Waals surface area contributed by atoms with Crippen molar-refractivity contribution in [3.05, 3.63) is 29.8 Å². The number of carboxylic acid groups (broad SMARTS) is 1. The first kappa shape index (κ1) is 15.2. The van der Waals surface area contributed by atoms with Crippen LogP contribution in [0.5, 0.6) is 0 Å². The van der Waals surface area contributed by atoms with Crippen molar-refractivity contribution in [1.29, 1.82) is 0 Å². The van der Waals surface area contributed by atoms with Crippen LogP contribution in [0.1, 0.15) is 5.56 Å². The summed E-state index contributed by atoms with van der Waals surface area (Å²) in [6.07, 6.45) is -0.195. The third-order valence-corrected chi connectivity index (χ3v) is 2.42. The van der Waals surface area contributed by atoms with E-state index >= 15 is 0 Å². The molecule has 1 rings (SSSR count). The average Bonchev–Trinajstić information content (AvgIpc) is 2.02. The van der Waals surface area contributed by atoms with Crippen LogP contribution in [0.15, 0.2) is 29.2 Å². The van der Waals surface area contributed by atoms with E-state index in [4.69, 9.17) is 5.11 Å². The zero-order valence-electron chi connectivity index (χ0n) is 8.00. The summed E-state index contributed by atoms with van der Waals surface area (Å²) in [5.41, 5.74) is 0.449. The Morgan fingerprint density at radius 1 is 1.27 bits per heavy atom. The van der Waals surface area contributed by atoms with Crippen LogP contribution >= 0.6 is 0 Å². The normalized spacial score (nSPS) is 10.5. The second kappa shape index (κ2) is 6.09. The molecule has 1 aromatic rings. The van der Waals surface area contributed by atoms with Crippen molar-refractivity contribution >= 4 is 16.1 Å². The molecule has 1 N–H and O–H groups in total. The summed E-state index contributed by atoms with van der Waals surface area (Å²) in [7, 11) is -4.45. The zero-order chi connectivity index (χ0) is 10.8. The van der Waals surface area contributed by atoms with Crippen LogP contribution in [0, 0.1) is 0 Å². The zero-order valence-corrected chi connectivity index (χ0v) is 11.9. The third-order valence-electron chi connectivity index (χ3n) is 1.57. The molecule has 0 aliphatic heterocycles. The van der Waals surface area contributed by atoms with Crippen LogP contribution in [-0.4, -0.2) is 24.0 Å². The summed E-state index contributed by atoms with van der Waals surface area (Å²) in [5.74, 6) is -1.01. The molecule has 0 aromatic heterocycles. The van der Waals surface area contributed by atoms with E-state index in [1.165, 1.54) is 12.1 Å². The molecule has 0 bridgehead atoms. The third kappa shape index (κ3) is 5.21.